The molecule has 1 aliphatic heterocycles. The van der Waals surface area contributed by atoms with Crippen LogP contribution in [0.5, 0.6) is 0 Å². The highest BCUT2D eigenvalue weighted by Crippen LogP contribution is 2.46. The van der Waals surface area contributed by atoms with Crippen molar-refractivity contribution in [3.63, 3.8) is 0 Å². The minimum Gasteiger partial charge on any atom is -0.378 e. The van der Waals surface area contributed by atoms with E-state index in [2.05, 4.69) is 0 Å². The van der Waals surface area contributed by atoms with Gasteiger partial charge in [0.25, 0.3) is 5.91 Å². The Morgan fingerprint density at radius 1 is 1.33 bits per heavy atom. The first kappa shape index (κ1) is 17.3. The summed E-state index contributed by atoms with van der Waals surface area (Å²) in [6.45, 7) is 0. The lowest BCUT2D eigenvalue weighted by Gasteiger charge is -2.23. The van der Waals surface area contributed by atoms with Crippen molar-refractivity contribution >= 4 is 28.3 Å². The van der Waals surface area contributed by atoms with Crippen molar-refractivity contribution in [2.45, 2.75) is 24.4 Å². The zero-order chi connectivity index (χ0) is 17.6. The number of hydroxylamine groups is 2. The van der Waals surface area contributed by atoms with Gasteiger partial charge in [0, 0.05) is 12.2 Å². The minimum atomic E-state index is -4.69. The first-order valence-corrected chi connectivity index (χ1v) is 9.11. The van der Waals surface area contributed by atoms with E-state index < -0.39 is 39.4 Å². The molecule has 1 aliphatic carbocycles. The molecule has 1 amide bonds. The lowest BCUT2D eigenvalue weighted by Crippen LogP contribution is -2.39. The number of amides is 1. The topological polar surface area (TPSA) is 46.6 Å². The van der Waals surface area contributed by atoms with Gasteiger partial charge in [-0.25, -0.2) is 0 Å². The van der Waals surface area contributed by atoms with E-state index in [1.165, 1.54) is 18.4 Å². The molecule has 24 heavy (non-hydrogen) atoms. The fraction of sp³-hybridized carbons (Fsp3) is 0.400. The Bertz CT molecular complexity index is 746. The highest BCUT2D eigenvalue weighted by Gasteiger charge is 2.47. The number of allylic oxidation sites excluding steroid dienone is 1. The molecule has 0 saturated heterocycles. The maximum Gasteiger partial charge on any atom is 0.417 e. The van der Waals surface area contributed by atoms with Crippen LogP contribution < -0.4 is 0 Å². The molecule has 0 bridgehead atoms. The largest absolute Gasteiger partial charge is 0.417 e. The molecule has 130 valence electrons. The number of hydrogen-bond acceptors (Lipinski definition) is 3. The Balaban J connectivity index is 1.98. The van der Waals surface area contributed by atoms with Crippen molar-refractivity contribution < 1.29 is 27.0 Å². The normalized spacial score (nSPS) is 22.5. The zero-order valence-electron chi connectivity index (χ0n) is 12.5. The average molecular weight is 380 g/mol. The highest BCUT2D eigenvalue weighted by atomic mass is 35.5. The Hall–Kier alpha value is -1.54. The molecule has 4 nitrogen and oxygen atoms in total. The summed E-state index contributed by atoms with van der Waals surface area (Å²) >= 11 is 6.18. The summed E-state index contributed by atoms with van der Waals surface area (Å²) in [6, 6.07) is 4.40. The second-order valence-corrected chi connectivity index (χ2v) is 7.45. The summed E-state index contributed by atoms with van der Waals surface area (Å²) in [5.74, 6) is -0.661. The number of alkyl halides is 3. The van der Waals surface area contributed by atoms with Crippen LogP contribution in [-0.4, -0.2) is 26.8 Å². The molecule has 0 spiro atoms. The molecule has 1 aromatic carbocycles. The van der Waals surface area contributed by atoms with E-state index in [0.717, 1.165) is 25.0 Å². The van der Waals surface area contributed by atoms with Gasteiger partial charge in [-0.2, -0.15) is 18.2 Å². The maximum atomic E-state index is 13.1. The van der Waals surface area contributed by atoms with Gasteiger partial charge in [-0.15, -0.1) is 0 Å². The van der Waals surface area contributed by atoms with Crippen LogP contribution in [0.15, 0.2) is 35.1 Å². The van der Waals surface area contributed by atoms with Gasteiger partial charge in [0.2, 0.25) is 0 Å². The smallest absolute Gasteiger partial charge is 0.378 e. The van der Waals surface area contributed by atoms with Crippen molar-refractivity contribution in [3.8, 4) is 0 Å². The maximum absolute atomic E-state index is 13.1. The van der Waals surface area contributed by atoms with Crippen LogP contribution in [0, 0.1) is 5.92 Å². The molecule has 1 saturated carbocycles. The third-order valence-corrected chi connectivity index (χ3v) is 5.37. The first-order valence-electron chi connectivity index (χ1n) is 7.11. The van der Waals surface area contributed by atoms with E-state index >= 15 is 0 Å². The van der Waals surface area contributed by atoms with Gasteiger partial charge in [0.05, 0.1) is 27.0 Å². The summed E-state index contributed by atoms with van der Waals surface area (Å²) in [5.41, 5.74) is -1.64. The van der Waals surface area contributed by atoms with E-state index in [4.69, 9.17) is 16.4 Å². The molecular weight excluding hydrogens is 367 g/mol. The number of benzene rings is 1. The summed E-state index contributed by atoms with van der Waals surface area (Å²) < 4.78 is 51.4. The molecule has 0 radical (unpaired) electrons. The van der Waals surface area contributed by atoms with E-state index in [1.807, 2.05) is 0 Å². The van der Waals surface area contributed by atoms with Crippen LogP contribution in [0.2, 0.25) is 0 Å². The fourth-order valence-corrected chi connectivity index (χ4v) is 3.97. The second-order valence-electron chi connectivity index (χ2n) is 5.60. The number of halogens is 4. The van der Waals surface area contributed by atoms with Gasteiger partial charge < -0.3 is 4.84 Å². The van der Waals surface area contributed by atoms with Crippen LogP contribution in [0.1, 0.15) is 28.8 Å². The Labute approximate surface area is 143 Å². The molecule has 2 unspecified atom stereocenters. The van der Waals surface area contributed by atoms with Crippen LogP contribution in [0.25, 0.3) is 0 Å². The summed E-state index contributed by atoms with van der Waals surface area (Å²) in [4.78, 5) is 18.1. The summed E-state index contributed by atoms with van der Waals surface area (Å²) in [7, 11) is -1.62. The number of hydrogen-bond donors (Lipinski definition) is 0. The standard InChI is InChI=1S/C15H13ClF3NO3S/c1-24(22)14-11(16)12(8-6-7-8)23-20(14)13(21)9-4-2-3-5-10(9)15(17,18)19/h2-5,8,14H,6-7H2,1H3. The Morgan fingerprint density at radius 3 is 2.50 bits per heavy atom. The third kappa shape index (κ3) is 3.04. The van der Waals surface area contributed by atoms with Crippen LogP contribution in [0.3, 0.4) is 0 Å². The molecule has 3 rings (SSSR count). The minimum absolute atomic E-state index is 0.0270. The van der Waals surface area contributed by atoms with Crippen molar-refractivity contribution in [2.75, 3.05) is 6.26 Å². The average Bonchev–Trinajstić information content (AvgIpc) is 3.28. The van der Waals surface area contributed by atoms with Gasteiger partial charge in [-0.1, -0.05) is 23.7 Å². The lowest BCUT2D eigenvalue weighted by atomic mass is 10.1. The molecule has 1 fully saturated rings. The molecule has 1 aromatic rings. The number of nitrogens with zero attached hydrogens (tertiary/aromatic N) is 1. The van der Waals surface area contributed by atoms with E-state index in [9.17, 15) is 22.2 Å². The predicted octanol–water partition coefficient (Wildman–Crippen LogP) is 3.66. The van der Waals surface area contributed by atoms with Gasteiger partial charge in [0.1, 0.15) is 0 Å². The monoisotopic (exact) mass is 379 g/mol. The highest BCUT2D eigenvalue weighted by molar-refractivity contribution is 7.85. The third-order valence-electron chi connectivity index (χ3n) is 3.79. The SMILES string of the molecule is CS(=O)C1C(Cl)=C(C2CC2)ON1C(=O)c1ccccc1C(F)(F)F. The van der Waals surface area contributed by atoms with Crippen LogP contribution in [-0.2, 0) is 21.8 Å². The second kappa shape index (κ2) is 6.07. The van der Waals surface area contributed by atoms with E-state index in [-0.39, 0.29) is 11.0 Å². The molecule has 1 heterocycles. The van der Waals surface area contributed by atoms with Crippen molar-refractivity contribution in [1.82, 2.24) is 5.06 Å². The predicted molar refractivity (Wildman–Crippen MR) is 82.2 cm³/mol. The Morgan fingerprint density at radius 2 is 1.96 bits per heavy atom. The Kier molecular flexibility index (Phi) is 4.37. The summed E-state index contributed by atoms with van der Waals surface area (Å²) in [5, 5.41) is -0.274. The van der Waals surface area contributed by atoms with Crippen molar-refractivity contribution in [1.29, 1.82) is 0 Å². The van der Waals surface area contributed by atoms with Crippen LogP contribution >= 0.6 is 11.6 Å². The molecule has 0 aromatic heterocycles. The molecule has 2 atom stereocenters. The number of carbonyl (C=O) groups excluding carboxylic acids is 1. The lowest BCUT2D eigenvalue weighted by molar-refractivity contribution is -0.138. The van der Waals surface area contributed by atoms with Gasteiger partial charge >= 0.3 is 6.18 Å². The van der Waals surface area contributed by atoms with Gasteiger partial charge in [-0.3, -0.25) is 9.00 Å². The molecular formula is C15H13ClF3NO3S. The quantitative estimate of drug-likeness (QED) is 0.805. The number of carbonyl (C=O) groups is 1. The van der Waals surface area contributed by atoms with E-state index in [1.54, 1.807) is 0 Å². The molecule has 0 N–H and O–H groups in total. The van der Waals surface area contributed by atoms with Gasteiger partial charge in [0.15, 0.2) is 11.1 Å². The first-order chi connectivity index (χ1) is 11.2. The molecule has 9 heteroatoms. The van der Waals surface area contributed by atoms with Crippen molar-refractivity contribution in [2.24, 2.45) is 5.92 Å². The zero-order valence-corrected chi connectivity index (χ0v) is 14.0. The van der Waals surface area contributed by atoms with E-state index in [0.29, 0.717) is 10.8 Å². The fourth-order valence-electron chi connectivity index (χ4n) is 2.50. The molecule has 2 aliphatic rings. The number of rotatable bonds is 3. The van der Waals surface area contributed by atoms with Crippen LogP contribution in [0.4, 0.5) is 13.2 Å². The summed E-state index contributed by atoms with van der Waals surface area (Å²) in [6.07, 6.45) is -1.74. The van der Waals surface area contributed by atoms with Crippen molar-refractivity contribution in [3.05, 3.63) is 46.2 Å². The van der Waals surface area contributed by atoms with Gasteiger partial charge in [-0.05, 0) is 25.0 Å².